The minimum Gasteiger partial charge on any atom is -0.316 e. The fourth-order valence-electron chi connectivity index (χ4n) is 4.31. The fourth-order valence-corrected chi connectivity index (χ4v) is 5.29. The molecule has 158 valence electrons. The maximum atomic E-state index is 12.5. The molecule has 3 aromatic rings. The van der Waals surface area contributed by atoms with Crippen molar-refractivity contribution in [1.29, 1.82) is 0 Å². The van der Waals surface area contributed by atoms with Crippen LogP contribution in [0.1, 0.15) is 34.6 Å². The van der Waals surface area contributed by atoms with Crippen LogP contribution in [0.2, 0.25) is 0 Å². The Hall–Kier alpha value is -2.48. The molecule has 2 unspecified atom stereocenters. The van der Waals surface area contributed by atoms with Gasteiger partial charge in [0.2, 0.25) is 0 Å². The number of sulfonamides is 1. The number of nitrogens with zero attached hydrogens (tertiary/aromatic N) is 2. The number of benzene rings is 2. The summed E-state index contributed by atoms with van der Waals surface area (Å²) in [6.45, 7) is 0.245. The van der Waals surface area contributed by atoms with Gasteiger partial charge in [-0.1, -0.05) is 48.5 Å². The number of hydrogen-bond acceptors (Lipinski definition) is 4. The molecule has 1 aromatic heterocycles. The van der Waals surface area contributed by atoms with Gasteiger partial charge in [-0.3, -0.25) is 4.68 Å². The zero-order valence-corrected chi connectivity index (χ0v) is 18.2. The second-order valence-corrected chi connectivity index (χ2v) is 9.63. The predicted octanol–water partition coefficient (Wildman–Crippen LogP) is 2.76. The van der Waals surface area contributed by atoms with E-state index >= 15 is 0 Å². The highest BCUT2D eigenvalue weighted by molar-refractivity contribution is 7.89. The summed E-state index contributed by atoms with van der Waals surface area (Å²) in [6, 6.07) is 18.8. The number of likely N-dealkylation sites (N-methyl/N-ethyl adjacent to an activating group) is 1. The first-order valence-electron chi connectivity index (χ1n) is 10.3. The minimum absolute atomic E-state index is 0.0418. The van der Waals surface area contributed by atoms with Gasteiger partial charge in [0.1, 0.15) is 0 Å². The van der Waals surface area contributed by atoms with Crippen LogP contribution in [0.5, 0.6) is 0 Å². The molecule has 0 fully saturated rings. The Morgan fingerprint density at radius 2 is 1.90 bits per heavy atom. The number of fused-ring (bicyclic) bond motifs is 1. The summed E-state index contributed by atoms with van der Waals surface area (Å²) >= 11 is 0. The molecule has 1 aliphatic carbocycles. The SMILES string of the molecule is CNC1CCc2ccc(CNS(=O)(=O)c3ccn(C)n3)cc2C1Cc1ccccc1. The van der Waals surface area contributed by atoms with E-state index in [0.29, 0.717) is 12.0 Å². The minimum atomic E-state index is -3.63. The highest BCUT2D eigenvalue weighted by atomic mass is 32.2. The Bertz CT molecular complexity index is 1110. The van der Waals surface area contributed by atoms with Gasteiger partial charge in [0, 0.05) is 31.7 Å². The molecule has 6 nitrogen and oxygen atoms in total. The standard InChI is InChI=1S/C23H28N4O2S/c1-24-22-11-10-19-9-8-18(16-25-30(28,29)23-12-13-27(2)26-23)15-20(19)21(22)14-17-6-4-3-5-7-17/h3-9,12-13,15,21-22,24-25H,10-11,14,16H2,1-2H3. The van der Waals surface area contributed by atoms with Gasteiger partial charge in [0.15, 0.2) is 5.03 Å². The molecule has 0 bridgehead atoms. The van der Waals surface area contributed by atoms with Crippen molar-refractivity contribution >= 4 is 10.0 Å². The third-order valence-corrected chi connectivity index (χ3v) is 7.21. The number of hydrogen-bond donors (Lipinski definition) is 2. The summed E-state index contributed by atoms with van der Waals surface area (Å²) in [5.74, 6) is 0.355. The van der Waals surface area contributed by atoms with E-state index in [9.17, 15) is 8.42 Å². The van der Waals surface area contributed by atoms with E-state index in [1.165, 1.54) is 27.4 Å². The summed E-state index contributed by atoms with van der Waals surface area (Å²) in [5, 5.41) is 7.54. The van der Waals surface area contributed by atoms with Gasteiger partial charge in [-0.15, -0.1) is 0 Å². The van der Waals surface area contributed by atoms with Crippen molar-refractivity contribution in [2.75, 3.05) is 7.05 Å². The molecule has 2 aromatic carbocycles. The molecule has 30 heavy (non-hydrogen) atoms. The van der Waals surface area contributed by atoms with Gasteiger partial charge in [-0.25, -0.2) is 13.1 Å². The smallest absolute Gasteiger partial charge is 0.260 e. The second kappa shape index (κ2) is 8.71. The Morgan fingerprint density at radius 1 is 1.10 bits per heavy atom. The molecule has 0 amide bonds. The van der Waals surface area contributed by atoms with Crippen molar-refractivity contribution in [1.82, 2.24) is 19.8 Å². The Labute approximate surface area is 178 Å². The van der Waals surface area contributed by atoms with E-state index in [1.54, 1.807) is 13.2 Å². The molecule has 2 atom stereocenters. The van der Waals surface area contributed by atoms with Crippen LogP contribution in [0, 0.1) is 0 Å². The molecular weight excluding hydrogens is 396 g/mol. The van der Waals surface area contributed by atoms with Crippen LogP contribution >= 0.6 is 0 Å². The molecule has 0 saturated heterocycles. The molecule has 1 aliphatic rings. The van der Waals surface area contributed by atoms with Crippen molar-refractivity contribution in [3.8, 4) is 0 Å². The molecule has 0 spiro atoms. The zero-order valence-electron chi connectivity index (χ0n) is 17.4. The third kappa shape index (κ3) is 4.48. The van der Waals surface area contributed by atoms with E-state index in [2.05, 4.69) is 51.5 Å². The lowest BCUT2D eigenvalue weighted by atomic mass is 9.75. The number of nitrogens with one attached hydrogen (secondary N) is 2. The normalized spacial score (nSPS) is 18.9. The Kier molecular flexibility index (Phi) is 6.04. The van der Waals surface area contributed by atoms with Crippen LogP contribution < -0.4 is 10.0 Å². The average molecular weight is 425 g/mol. The summed E-state index contributed by atoms with van der Waals surface area (Å²) < 4.78 is 29.2. The average Bonchev–Trinajstić information content (AvgIpc) is 3.21. The molecule has 0 saturated carbocycles. The van der Waals surface area contributed by atoms with Gasteiger partial charge in [0.25, 0.3) is 10.0 Å². The molecular formula is C23H28N4O2S. The number of aromatic nitrogens is 2. The lowest BCUT2D eigenvalue weighted by molar-refractivity contribution is 0.409. The van der Waals surface area contributed by atoms with Gasteiger partial charge in [-0.2, -0.15) is 5.10 Å². The summed E-state index contributed by atoms with van der Waals surface area (Å²) in [6.07, 6.45) is 4.72. The van der Waals surface area contributed by atoms with Crippen molar-refractivity contribution in [3.63, 3.8) is 0 Å². The maximum Gasteiger partial charge on any atom is 0.260 e. The first-order chi connectivity index (χ1) is 14.5. The van der Waals surface area contributed by atoms with Crippen LogP contribution in [0.4, 0.5) is 0 Å². The zero-order chi connectivity index (χ0) is 21.1. The maximum absolute atomic E-state index is 12.5. The van der Waals surface area contributed by atoms with Crippen molar-refractivity contribution < 1.29 is 8.42 Å². The lowest BCUT2D eigenvalue weighted by Gasteiger charge is -2.34. The second-order valence-electron chi connectivity index (χ2n) is 7.92. The monoisotopic (exact) mass is 424 g/mol. The van der Waals surface area contributed by atoms with E-state index in [-0.39, 0.29) is 11.6 Å². The van der Waals surface area contributed by atoms with Crippen LogP contribution in [0.15, 0.2) is 65.8 Å². The lowest BCUT2D eigenvalue weighted by Crippen LogP contribution is -2.37. The van der Waals surface area contributed by atoms with E-state index in [4.69, 9.17) is 0 Å². The summed E-state index contributed by atoms with van der Waals surface area (Å²) in [4.78, 5) is 0. The van der Waals surface area contributed by atoms with Crippen molar-refractivity contribution in [2.45, 2.75) is 42.8 Å². The molecule has 0 radical (unpaired) electrons. The number of rotatable bonds is 7. The molecule has 0 aliphatic heterocycles. The largest absolute Gasteiger partial charge is 0.316 e. The van der Waals surface area contributed by atoms with E-state index in [1.807, 2.05) is 19.2 Å². The Balaban J connectivity index is 1.57. The third-order valence-electron chi connectivity index (χ3n) is 5.92. The Morgan fingerprint density at radius 3 is 2.60 bits per heavy atom. The van der Waals surface area contributed by atoms with Crippen molar-refractivity contribution in [3.05, 3.63) is 83.0 Å². The molecule has 4 rings (SSSR count). The first kappa shape index (κ1) is 20.8. The molecule has 1 heterocycles. The van der Waals surface area contributed by atoms with Crippen LogP contribution in [-0.4, -0.2) is 31.3 Å². The summed E-state index contributed by atoms with van der Waals surface area (Å²) in [7, 11) is 0.0975. The molecule has 2 N–H and O–H groups in total. The fraction of sp³-hybridized carbons (Fsp3) is 0.348. The summed E-state index contributed by atoms with van der Waals surface area (Å²) in [5.41, 5.74) is 4.96. The predicted molar refractivity (Wildman–Crippen MR) is 118 cm³/mol. The highest BCUT2D eigenvalue weighted by Gasteiger charge is 2.29. The van der Waals surface area contributed by atoms with Gasteiger partial charge >= 0.3 is 0 Å². The quantitative estimate of drug-likeness (QED) is 0.612. The van der Waals surface area contributed by atoms with E-state index in [0.717, 1.165) is 24.8 Å². The van der Waals surface area contributed by atoms with E-state index < -0.39 is 10.0 Å². The van der Waals surface area contributed by atoms with Gasteiger partial charge in [0.05, 0.1) is 0 Å². The van der Waals surface area contributed by atoms with Gasteiger partial charge in [-0.05, 0) is 54.6 Å². The van der Waals surface area contributed by atoms with Crippen LogP contribution in [-0.2, 0) is 36.5 Å². The van der Waals surface area contributed by atoms with Crippen LogP contribution in [0.3, 0.4) is 0 Å². The highest BCUT2D eigenvalue weighted by Crippen LogP contribution is 2.35. The topological polar surface area (TPSA) is 76.0 Å². The van der Waals surface area contributed by atoms with Gasteiger partial charge < -0.3 is 5.32 Å². The molecule has 7 heteroatoms. The van der Waals surface area contributed by atoms with Crippen LogP contribution in [0.25, 0.3) is 0 Å². The first-order valence-corrected chi connectivity index (χ1v) is 11.8. The number of aryl methyl sites for hydroxylation is 2. The van der Waals surface area contributed by atoms with Crippen molar-refractivity contribution in [2.24, 2.45) is 7.05 Å².